The Kier molecular flexibility index (Phi) is 3.79. The van der Waals surface area contributed by atoms with Crippen LogP contribution in [0.15, 0.2) is 28.3 Å². The fraction of sp³-hybridized carbons (Fsp3) is 0.182. The van der Waals surface area contributed by atoms with Crippen LogP contribution in [0.4, 0.5) is 0 Å². The Bertz CT molecular complexity index is 651. The maximum absolute atomic E-state index is 5.90. The van der Waals surface area contributed by atoms with Crippen LogP contribution in [0.25, 0.3) is 10.3 Å². The Morgan fingerprint density at radius 3 is 3.11 bits per heavy atom. The van der Waals surface area contributed by atoms with Gasteiger partial charge in [-0.25, -0.2) is 9.97 Å². The summed E-state index contributed by atoms with van der Waals surface area (Å²) >= 11 is 11.0. The first kappa shape index (κ1) is 12.3. The third-order valence-corrected chi connectivity index (χ3v) is 5.43. The molecule has 3 aromatic rings. The fourth-order valence-electron chi connectivity index (χ4n) is 1.44. The van der Waals surface area contributed by atoms with Crippen molar-refractivity contribution in [3.8, 4) is 0 Å². The Hall–Kier alpha value is -0.690. The second-order valence-electron chi connectivity index (χ2n) is 3.52. The van der Waals surface area contributed by atoms with Crippen LogP contribution in [0.3, 0.4) is 0 Å². The molecule has 18 heavy (non-hydrogen) atoms. The smallest absolute Gasteiger partial charge is 0.171 e. The lowest BCUT2D eigenvalue weighted by molar-refractivity contribution is 1.17. The zero-order valence-electron chi connectivity index (χ0n) is 9.17. The normalized spacial score (nSPS) is 11.2. The molecule has 0 fully saturated rings. The molecule has 3 heterocycles. The lowest BCUT2D eigenvalue weighted by Crippen LogP contribution is -1.84. The molecule has 3 rings (SSSR count). The van der Waals surface area contributed by atoms with E-state index in [1.165, 1.54) is 4.88 Å². The van der Waals surface area contributed by atoms with E-state index in [0.29, 0.717) is 5.02 Å². The van der Waals surface area contributed by atoms with Gasteiger partial charge in [-0.05, 0) is 12.5 Å². The number of hydrogen-bond acceptors (Lipinski definition) is 6. The van der Waals surface area contributed by atoms with Gasteiger partial charge in [0.25, 0.3) is 0 Å². The Morgan fingerprint density at radius 2 is 2.28 bits per heavy atom. The van der Waals surface area contributed by atoms with E-state index in [1.807, 2.05) is 17.8 Å². The number of rotatable bonds is 4. The molecule has 0 aliphatic rings. The summed E-state index contributed by atoms with van der Waals surface area (Å²) in [5, 5.41) is 0.660. The predicted molar refractivity (Wildman–Crippen MR) is 79.0 cm³/mol. The molecule has 0 N–H and O–H groups in total. The first-order valence-electron chi connectivity index (χ1n) is 5.23. The highest BCUT2D eigenvalue weighted by Crippen LogP contribution is 2.30. The predicted octanol–water partition coefficient (Wildman–Crippen LogP) is 4.14. The van der Waals surface area contributed by atoms with E-state index < -0.39 is 0 Å². The van der Waals surface area contributed by atoms with Crippen LogP contribution in [0.1, 0.15) is 4.88 Å². The quantitative estimate of drug-likeness (QED) is 0.679. The van der Waals surface area contributed by atoms with E-state index >= 15 is 0 Å². The molecule has 0 saturated heterocycles. The minimum Gasteiger partial charge on any atom is -0.253 e. The lowest BCUT2D eigenvalue weighted by atomic mass is 10.4. The van der Waals surface area contributed by atoms with E-state index in [9.17, 15) is 0 Å². The lowest BCUT2D eigenvalue weighted by Gasteiger charge is -1.93. The molecule has 0 atom stereocenters. The molecule has 0 spiro atoms. The largest absolute Gasteiger partial charge is 0.253 e. The molecular weight excluding hydrogens is 306 g/mol. The molecule has 0 aliphatic heterocycles. The van der Waals surface area contributed by atoms with Gasteiger partial charge < -0.3 is 0 Å². The molecule has 3 nitrogen and oxygen atoms in total. The maximum atomic E-state index is 5.90. The second kappa shape index (κ2) is 5.52. The number of halogens is 1. The van der Waals surface area contributed by atoms with Crippen LogP contribution in [-0.2, 0) is 6.42 Å². The minimum atomic E-state index is 0.660. The van der Waals surface area contributed by atoms with Crippen LogP contribution in [0, 0.1) is 0 Å². The topological polar surface area (TPSA) is 38.7 Å². The third kappa shape index (κ3) is 2.83. The number of pyridine rings is 1. The molecule has 0 amide bonds. The number of aromatic nitrogens is 3. The van der Waals surface area contributed by atoms with Gasteiger partial charge in [-0.2, -0.15) is 0 Å². The van der Waals surface area contributed by atoms with Gasteiger partial charge in [0.15, 0.2) is 9.99 Å². The number of fused-ring (bicyclic) bond motifs is 1. The molecule has 7 heteroatoms. The van der Waals surface area contributed by atoms with Crippen molar-refractivity contribution in [3.05, 3.63) is 33.9 Å². The summed E-state index contributed by atoms with van der Waals surface area (Å²) in [7, 11) is 0. The van der Waals surface area contributed by atoms with Crippen LogP contribution in [0.5, 0.6) is 0 Å². The van der Waals surface area contributed by atoms with Gasteiger partial charge in [0.1, 0.15) is 0 Å². The Labute approximate surface area is 121 Å². The summed E-state index contributed by atoms with van der Waals surface area (Å²) in [6.07, 6.45) is 4.58. The summed E-state index contributed by atoms with van der Waals surface area (Å²) in [5.74, 6) is 1.01. The third-order valence-electron chi connectivity index (χ3n) is 2.25. The summed E-state index contributed by atoms with van der Waals surface area (Å²) in [6.45, 7) is 0. The zero-order chi connectivity index (χ0) is 12.4. The van der Waals surface area contributed by atoms with Crippen molar-refractivity contribution in [1.82, 2.24) is 15.0 Å². The summed E-state index contributed by atoms with van der Waals surface area (Å²) in [6, 6.07) is 1.91. The Balaban J connectivity index is 1.67. The summed E-state index contributed by atoms with van der Waals surface area (Å²) < 4.78 is 2.09. The molecule has 0 bridgehead atoms. The van der Waals surface area contributed by atoms with Gasteiger partial charge >= 0.3 is 0 Å². The second-order valence-corrected chi connectivity index (χ2v) is 7.30. The SMILES string of the molecule is Clc1cnc2nc(SCCc3cncs3)sc2c1. The van der Waals surface area contributed by atoms with E-state index in [2.05, 4.69) is 15.0 Å². The standard InChI is InChI=1S/C11H8ClN3S3/c12-7-3-9-10(14-4-7)15-11(18-9)16-2-1-8-5-13-6-17-8/h3-6H,1-2H2. The fourth-order valence-corrected chi connectivity index (χ4v) is 4.49. The molecule has 3 aromatic heterocycles. The van der Waals surface area contributed by atoms with Crippen LogP contribution in [0.2, 0.25) is 5.02 Å². The minimum absolute atomic E-state index is 0.660. The van der Waals surface area contributed by atoms with Gasteiger partial charge in [0.05, 0.1) is 15.2 Å². The molecular formula is C11H8ClN3S3. The highest BCUT2D eigenvalue weighted by Gasteiger charge is 2.06. The molecule has 92 valence electrons. The Morgan fingerprint density at radius 1 is 1.33 bits per heavy atom. The highest BCUT2D eigenvalue weighted by molar-refractivity contribution is 8.01. The van der Waals surface area contributed by atoms with E-state index in [1.54, 1.807) is 40.6 Å². The van der Waals surface area contributed by atoms with Gasteiger partial charge in [0.2, 0.25) is 0 Å². The molecule has 0 aromatic carbocycles. The zero-order valence-corrected chi connectivity index (χ0v) is 12.4. The average Bonchev–Trinajstić information content (AvgIpc) is 2.97. The van der Waals surface area contributed by atoms with Crippen LogP contribution in [-0.4, -0.2) is 20.7 Å². The number of nitrogens with zero attached hydrogens (tertiary/aromatic N) is 3. The van der Waals surface area contributed by atoms with Gasteiger partial charge in [-0.1, -0.05) is 23.4 Å². The van der Waals surface area contributed by atoms with Gasteiger partial charge in [0, 0.05) is 23.0 Å². The van der Waals surface area contributed by atoms with E-state index in [0.717, 1.165) is 26.9 Å². The van der Waals surface area contributed by atoms with Crippen molar-refractivity contribution in [3.63, 3.8) is 0 Å². The summed E-state index contributed by atoms with van der Waals surface area (Å²) in [4.78, 5) is 14.1. The van der Waals surface area contributed by atoms with Crippen LogP contribution < -0.4 is 0 Å². The average molecular weight is 314 g/mol. The number of hydrogen-bond donors (Lipinski definition) is 0. The first-order valence-corrected chi connectivity index (χ1v) is 8.29. The van der Waals surface area contributed by atoms with E-state index in [4.69, 9.17) is 11.6 Å². The van der Waals surface area contributed by atoms with Crippen molar-refractivity contribution in [1.29, 1.82) is 0 Å². The van der Waals surface area contributed by atoms with Gasteiger partial charge in [-0.3, -0.25) is 4.98 Å². The number of aryl methyl sites for hydroxylation is 1. The molecule has 0 saturated carbocycles. The summed E-state index contributed by atoms with van der Waals surface area (Å²) in [5.41, 5.74) is 2.65. The monoisotopic (exact) mass is 313 g/mol. The highest BCUT2D eigenvalue weighted by atomic mass is 35.5. The number of thioether (sulfide) groups is 1. The van der Waals surface area contributed by atoms with E-state index in [-0.39, 0.29) is 0 Å². The van der Waals surface area contributed by atoms with Crippen molar-refractivity contribution >= 4 is 56.4 Å². The van der Waals surface area contributed by atoms with Crippen molar-refractivity contribution in [2.75, 3.05) is 5.75 Å². The van der Waals surface area contributed by atoms with Crippen LogP contribution >= 0.6 is 46.0 Å². The van der Waals surface area contributed by atoms with Gasteiger partial charge in [-0.15, -0.1) is 22.7 Å². The molecule has 0 aliphatic carbocycles. The first-order chi connectivity index (χ1) is 8.81. The maximum Gasteiger partial charge on any atom is 0.171 e. The van der Waals surface area contributed by atoms with Crippen molar-refractivity contribution in [2.45, 2.75) is 10.8 Å². The van der Waals surface area contributed by atoms with Crippen molar-refractivity contribution in [2.24, 2.45) is 0 Å². The van der Waals surface area contributed by atoms with Crippen molar-refractivity contribution < 1.29 is 0 Å². The molecule has 0 unspecified atom stereocenters. The molecule has 0 radical (unpaired) electrons. The number of thiazole rings is 2.